The SMILES string of the molecule is CCCCCCCCCCCCCCCCCCONC(=O)C1CCCCC1. The monoisotopic (exact) mass is 395 g/mol. The molecule has 166 valence electrons. The molecule has 0 heterocycles. The summed E-state index contributed by atoms with van der Waals surface area (Å²) >= 11 is 0. The first-order valence-corrected chi connectivity index (χ1v) is 12.8. The van der Waals surface area contributed by atoms with Crippen LogP contribution in [0.5, 0.6) is 0 Å². The van der Waals surface area contributed by atoms with Gasteiger partial charge in [0.2, 0.25) is 5.91 Å². The van der Waals surface area contributed by atoms with Gasteiger partial charge in [0.05, 0.1) is 6.61 Å². The molecule has 3 heteroatoms. The molecule has 28 heavy (non-hydrogen) atoms. The minimum Gasteiger partial charge on any atom is -0.274 e. The van der Waals surface area contributed by atoms with Gasteiger partial charge >= 0.3 is 0 Å². The number of carbonyl (C=O) groups excluding carboxylic acids is 1. The van der Waals surface area contributed by atoms with Crippen LogP contribution < -0.4 is 5.48 Å². The van der Waals surface area contributed by atoms with E-state index in [1.165, 1.54) is 116 Å². The fraction of sp³-hybridized carbons (Fsp3) is 0.960. The average molecular weight is 396 g/mol. The van der Waals surface area contributed by atoms with E-state index in [1.54, 1.807) is 0 Å². The van der Waals surface area contributed by atoms with E-state index >= 15 is 0 Å². The number of hydrogen-bond donors (Lipinski definition) is 1. The number of rotatable bonds is 19. The predicted octanol–water partition coefficient (Wildman–Crippen LogP) is 7.88. The van der Waals surface area contributed by atoms with Crippen LogP contribution in [0.3, 0.4) is 0 Å². The topological polar surface area (TPSA) is 38.3 Å². The van der Waals surface area contributed by atoms with E-state index < -0.39 is 0 Å². The summed E-state index contributed by atoms with van der Waals surface area (Å²) in [5.74, 6) is 0.302. The molecule has 0 aliphatic heterocycles. The molecule has 1 fully saturated rings. The van der Waals surface area contributed by atoms with Gasteiger partial charge in [-0.05, 0) is 19.3 Å². The van der Waals surface area contributed by atoms with Crippen molar-refractivity contribution in [2.24, 2.45) is 5.92 Å². The van der Waals surface area contributed by atoms with Crippen molar-refractivity contribution in [1.82, 2.24) is 5.48 Å². The number of nitrogens with one attached hydrogen (secondary N) is 1. The molecule has 3 nitrogen and oxygen atoms in total. The lowest BCUT2D eigenvalue weighted by Crippen LogP contribution is -2.32. The Morgan fingerprint density at radius 1 is 0.679 bits per heavy atom. The molecule has 0 saturated heterocycles. The molecule has 0 unspecified atom stereocenters. The summed E-state index contributed by atoms with van der Waals surface area (Å²) in [6.45, 7) is 2.95. The molecule has 0 aromatic rings. The van der Waals surface area contributed by atoms with Crippen molar-refractivity contribution in [2.45, 2.75) is 142 Å². The zero-order valence-corrected chi connectivity index (χ0v) is 19.0. The molecule has 0 atom stereocenters. The summed E-state index contributed by atoms with van der Waals surface area (Å²) in [6, 6.07) is 0. The van der Waals surface area contributed by atoms with Gasteiger partial charge in [-0.15, -0.1) is 0 Å². The summed E-state index contributed by atoms with van der Waals surface area (Å²) in [4.78, 5) is 17.3. The molecule has 0 radical (unpaired) electrons. The third-order valence-corrected chi connectivity index (χ3v) is 6.25. The van der Waals surface area contributed by atoms with Crippen LogP contribution in [0.25, 0.3) is 0 Å². The number of unbranched alkanes of at least 4 members (excludes halogenated alkanes) is 15. The number of hydrogen-bond acceptors (Lipinski definition) is 2. The van der Waals surface area contributed by atoms with Crippen molar-refractivity contribution >= 4 is 5.91 Å². The van der Waals surface area contributed by atoms with Crippen molar-refractivity contribution in [3.63, 3.8) is 0 Å². The normalized spacial score (nSPS) is 15.0. The second-order valence-electron chi connectivity index (χ2n) is 8.95. The Balaban J connectivity index is 1.70. The van der Waals surface area contributed by atoms with Crippen LogP contribution >= 0.6 is 0 Å². The van der Waals surface area contributed by atoms with Crippen LogP contribution in [0.2, 0.25) is 0 Å². The Hall–Kier alpha value is -0.570. The predicted molar refractivity (Wildman–Crippen MR) is 120 cm³/mol. The Morgan fingerprint density at radius 3 is 1.57 bits per heavy atom. The Morgan fingerprint density at radius 2 is 1.11 bits per heavy atom. The number of carbonyl (C=O) groups is 1. The zero-order chi connectivity index (χ0) is 20.1. The van der Waals surface area contributed by atoms with Crippen LogP contribution in [0.1, 0.15) is 142 Å². The summed E-state index contributed by atoms with van der Waals surface area (Å²) in [5.41, 5.74) is 2.67. The highest BCUT2D eigenvalue weighted by Gasteiger charge is 2.20. The smallest absolute Gasteiger partial charge is 0.246 e. The number of hydroxylamine groups is 1. The van der Waals surface area contributed by atoms with Crippen LogP contribution in [0.4, 0.5) is 0 Å². The van der Waals surface area contributed by atoms with E-state index in [-0.39, 0.29) is 11.8 Å². The minimum atomic E-state index is 0.108. The average Bonchev–Trinajstić information content (AvgIpc) is 2.73. The number of amides is 1. The second kappa shape index (κ2) is 19.7. The molecule has 0 spiro atoms. The van der Waals surface area contributed by atoms with Crippen LogP contribution in [-0.2, 0) is 9.63 Å². The first kappa shape index (κ1) is 25.5. The van der Waals surface area contributed by atoms with Gasteiger partial charge in [-0.1, -0.05) is 122 Å². The van der Waals surface area contributed by atoms with E-state index in [1.807, 2.05) is 0 Å². The molecule has 1 rings (SSSR count). The fourth-order valence-electron chi connectivity index (χ4n) is 4.29. The van der Waals surface area contributed by atoms with Gasteiger partial charge in [0.25, 0.3) is 0 Å². The lowest BCUT2D eigenvalue weighted by Gasteiger charge is -2.20. The first-order valence-electron chi connectivity index (χ1n) is 12.8. The third-order valence-electron chi connectivity index (χ3n) is 6.25. The fourth-order valence-corrected chi connectivity index (χ4v) is 4.29. The van der Waals surface area contributed by atoms with E-state index in [4.69, 9.17) is 4.84 Å². The Kier molecular flexibility index (Phi) is 17.9. The first-order chi connectivity index (χ1) is 13.8. The van der Waals surface area contributed by atoms with Gasteiger partial charge < -0.3 is 0 Å². The van der Waals surface area contributed by atoms with Crippen molar-refractivity contribution in [3.8, 4) is 0 Å². The Labute approximate surface area is 175 Å². The van der Waals surface area contributed by atoms with E-state index in [9.17, 15) is 4.79 Å². The zero-order valence-electron chi connectivity index (χ0n) is 19.0. The summed E-state index contributed by atoms with van der Waals surface area (Å²) in [5, 5.41) is 0. The highest BCUT2D eigenvalue weighted by molar-refractivity contribution is 5.77. The van der Waals surface area contributed by atoms with Crippen molar-refractivity contribution in [1.29, 1.82) is 0 Å². The molecule has 1 saturated carbocycles. The third kappa shape index (κ3) is 15.4. The lowest BCUT2D eigenvalue weighted by atomic mass is 9.89. The summed E-state index contributed by atoms with van der Waals surface area (Å²) in [6.07, 6.45) is 27.8. The van der Waals surface area contributed by atoms with Crippen molar-refractivity contribution < 1.29 is 9.63 Å². The summed E-state index contributed by atoms with van der Waals surface area (Å²) < 4.78 is 0. The minimum absolute atomic E-state index is 0.108. The van der Waals surface area contributed by atoms with Crippen LogP contribution in [0.15, 0.2) is 0 Å². The molecule has 1 amide bonds. The van der Waals surface area contributed by atoms with Gasteiger partial charge in [0.1, 0.15) is 0 Å². The molecule has 1 aliphatic carbocycles. The highest BCUT2D eigenvalue weighted by atomic mass is 16.6. The molecule has 1 aliphatic rings. The van der Waals surface area contributed by atoms with E-state index in [0.29, 0.717) is 6.61 Å². The van der Waals surface area contributed by atoms with Crippen LogP contribution in [0, 0.1) is 5.92 Å². The van der Waals surface area contributed by atoms with Gasteiger partial charge in [-0.25, -0.2) is 5.48 Å². The summed E-state index contributed by atoms with van der Waals surface area (Å²) in [7, 11) is 0. The van der Waals surface area contributed by atoms with Crippen molar-refractivity contribution in [2.75, 3.05) is 6.61 Å². The van der Waals surface area contributed by atoms with Crippen molar-refractivity contribution in [3.05, 3.63) is 0 Å². The second-order valence-corrected chi connectivity index (χ2v) is 8.95. The molecule has 1 N–H and O–H groups in total. The maximum atomic E-state index is 11.9. The van der Waals surface area contributed by atoms with Gasteiger partial charge in [0, 0.05) is 5.92 Å². The van der Waals surface area contributed by atoms with Gasteiger partial charge in [0.15, 0.2) is 0 Å². The highest BCUT2D eigenvalue weighted by Crippen LogP contribution is 2.23. The van der Waals surface area contributed by atoms with E-state index in [0.717, 1.165) is 19.3 Å². The molecule has 0 aromatic heterocycles. The molecule has 0 aromatic carbocycles. The van der Waals surface area contributed by atoms with Crippen LogP contribution in [-0.4, -0.2) is 12.5 Å². The molecular weight excluding hydrogens is 346 g/mol. The Bertz CT molecular complexity index is 339. The quantitative estimate of drug-likeness (QED) is 0.178. The van der Waals surface area contributed by atoms with Gasteiger partial charge in [-0.3, -0.25) is 9.63 Å². The maximum Gasteiger partial charge on any atom is 0.246 e. The van der Waals surface area contributed by atoms with Gasteiger partial charge in [-0.2, -0.15) is 0 Å². The molecular formula is C25H49NO2. The standard InChI is InChI=1S/C25H49NO2/c1-2-3-4-5-6-7-8-9-10-11-12-13-14-15-16-20-23-28-26-25(27)24-21-18-17-19-22-24/h24H,2-23H2,1H3,(H,26,27). The molecule has 0 bridgehead atoms. The van der Waals surface area contributed by atoms with E-state index in [2.05, 4.69) is 12.4 Å². The lowest BCUT2D eigenvalue weighted by molar-refractivity contribution is -0.138. The largest absolute Gasteiger partial charge is 0.274 e. The maximum absolute atomic E-state index is 11.9.